The predicted molar refractivity (Wildman–Crippen MR) is 117 cm³/mol. The Balaban J connectivity index is 1.56. The minimum Gasteiger partial charge on any atom is -0.497 e. The van der Waals surface area contributed by atoms with Gasteiger partial charge in [0.05, 0.1) is 14.2 Å². The Morgan fingerprint density at radius 3 is 2.45 bits per heavy atom. The van der Waals surface area contributed by atoms with E-state index in [1.54, 1.807) is 38.5 Å². The number of hydrogen-bond donors (Lipinski definition) is 1. The van der Waals surface area contributed by atoms with Crippen molar-refractivity contribution in [1.29, 1.82) is 0 Å². The summed E-state index contributed by atoms with van der Waals surface area (Å²) in [4.78, 5) is 27.6. The van der Waals surface area contributed by atoms with Crippen LogP contribution in [0.5, 0.6) is 17.2 Å². The van der Waals surface area contributed by atoms with Crippen molar-refractivity contribution in [2.45, 2.75) is 38.8 Å². The van der Waals surface area contributed by atoms with Crippen LogP contribution in [0.4, 0.5) is 5.69 Å². The van der Waals surface area contributed by atoms with Crippen molar-refractivity contribution < 1.29 is 23.8 Å². The highest BCUT2D eigenvalue weighted by atomic mass is 16.5. The van der Waals surface area contributed by atoms with Crippen LogP contribution in [-0.2, 0) is 11.3 Å². The summed E-state index contributed by atoms with van der Waals surface area (Å²) < 4.78 is 16.5. The Hall–Kier alpha value is -3.22. The highest BCUT2D eigenvalue weighted by Gasteiger charge is 2.33. The molecule has 0 spiro atoms. The molecule has 7 heteroatoms. The minimum atomic E-state index is -0.468. The standard InChI is InChI=1S/C24H28N2O5/c1-4-21-24(28)26(13-15-5-6-15)14-17-9-18(7-8-22(17)31-21)25-23(27)16-10-19(29-2)12-20(11-16)30-3/h7-12,15,21H,4-6,13-14H2,1-3H3,(H,25,27). The van der Waals surface area contributed by atoms with E-state index in [2.05, 4.69) is 5.32 Å². The van der Waals surface area contributed by atoms with Gasteiger partial charge >= 0.3 is 0 Å². The third kappa shape index (κ3) is 4.76. The smallest absolute Gasteiger partial charge is 0.263 e. The van der Waals surface area contributed by atoms with Gasteiger partial charge in [0.15, 0.2) is 6.10 Å². The van der Waals surface area contributed by atoms with Gasteiger partial charge in [-0.15, -0.1) is 0 Å². The molecule has 1 saturated carbocycles. The van der Waals surface area contributed by atoms with Crippen molar-refractivity contribution in [3.63, 3.8) is 0 Å². The van der Waals surface area contributed by atoms with Crippen LogP contribution in [0, 0.1) is 5.92 Å². The molecular weight excluding hydrogens is 396 g/mol. The zero-order valence-electron chi connectivity index (χ0n) is 18.1. The zero-order chi connectivity index (χ0) is 22.0. The van der Waals surface area contributed by atoms with Crippen molar-refractivity contribution in [3.05, 3.63) is 47.5 Å². The second-order valence-electron chi connectivity index (χ2n) is 8.05. The lowest BCUT2D eigenvalue weighted by Crippen LogP contribution is -2.40. The van der Waals surface area contributed by atoms with Crippen molar-refractivity contribution in [2.75, 3.05) is 26.1 Å². The molecule has 0 saturated heterocycles. The number of anilines is 1. The van der Waals surface area contributed by atoms with Gasteiger partial charge in [-0.05, 0) is 55.5 Å². The summed E-state index contributed by atoms with van der Waals surface area (Å²) >= 11 is 0. The number of rotatable bonds is 7. The van der Waals surface area contributed by atoms with Gasteiger partial charge in [0.2, 0.25) is 0 Å². The fourth-order valence-corrected chi connectivity index (χ4v) is 3.75. The number of hydrogen-bond acceptors (Lipinski definition) is 5. The van der Waals surface area contributed by atoms with E-state index in [1.165, 1.54) is 12.8 Å². The van der Waals surface area contributed by atoms with Gasteiger partial charge in [0, 0.05) is 36.0 Å². The van der Waals surface area contributed by atoms with Gasteiger partial charge in [-0.3, -0.25) is 9.59 Å². The summed E-state index contributed by atoms with van der Waals surface area (Å²) in [6.07, 6.45) is 2.50. The maximum absolute atomic E-state index is 12.9. The van der Waals surface area contributed by atoms with E-state index in [0.717, 1.165) is 12.1 Å². The summed E-state index contributed by atoms with van der Waals surface area (Å²) in [5, 5.41) is 2.93. The van der Waals surface area contributed by atoms with Crippen LogP contribution >= 0.6 is 0 Å². The SMILES string of the molecule is CCC1Oc2ccc(NC(=O)c3cc(OC)cc(OC)c3)cc2CN(CC2CC2)C1=O. The van der Waals surface area contributed by atoms with E-state index in [1.807, 2.05) is 24.0 Å². The first-order valence-electron chi connectivity index (χ1n) is 10.6. The lowest BCUT2D eigenvalue weighted by molar-refractivity contribution is -0.138. The number of nitrogens with one attached hydrogen (secondary N) is 1. The van der Waals surface area contributed by atoms with Gasteiger partial charge in [-0.1, -0.05) is 6.92 Å². The van der Waals surface area contributed by atoms with Gasteiger partial charge < -0.3 is 24.4 Å². The van der Waals surface area contributed by atoms with E-state index >= 15 is 0 Å². The third-order valence-electron chi connectivity index (χ3n) is 5.70. The lowest BCUT2D eigenvalue weighted by atomic mass is 10.1. The van der Waals surface area contributed by atoms with Crippen LogP contribution in [0.3, 0.4) is 0 Å². The average molecular weight is 424 g/mol. The summed E-state index contributed by atoms with van der Waals surface area (Å²) in [6.45, 7) is 3.20. The molecule has 31 heavy (non-hydrogen) atoms. The third-order valence-corrected chi connectivity index (χ3v) is 5.70. The van der Waals surface area contributed by atoms with Crippen molar-refractivity contribution in [1.82, 2.24) is 4.90 Å². The molecule has 2 aliphatic rings. The molecule has 4 rings (SSSR count). The number of carbonyl (C=O) groups is 2. The lowest BCUT2D eigenvalue weighted by Gasteiger charge is -2.23. The monoisotopic (exact) mass is 424 g/mol. The fourth-order valence-electron chi connectivity index (χ4n) is 3.75. The highest BCUT2D eigenvalue weighted by molar-refractivity contribution is 6.05. The highest BCUT2D eigenvalue weighted by Crippen LogP contribution is 2.34. The molecule has 1 fully saturated rings. The first-order chi connectivity index (χ1) is 15.0. The minimum absolute atomic E-state index is 0.0414. The van der Waals surface area contributed by atoms with Crippen molar-refractivity contribution >= 4 is 17.5 Å². The number of amides is 2. The fraction of sp³-hybridized carbons (Fsp3) is 0.417. The Labute approximate surface area is 182 Å². The molecule has 2 amide bonds. The van der Waals surface area contributed by atoms with E-state index in [4.69, 9.17) is 14.2 Å². The van der Waals surface area contributed by atoms with Crippen LogP contribution in [0.2, 0.25) is 0 Å². The first-order valence-corrected chi connectivity index (χ1v) is 10.6. The van der Waals surface area contributed by atoms with Gasteiger partial charge in [0.1, 0.15) is 17.2 Å². The number of methoxy groups -OCH3 is 2. The number of ether oxygens (including phenoxy) is 3. The predicted octanol–water partition coefficient (Wildman–Crippen LogP) is 3.87. The molecule has 2 aromatic rings. The number of nitrogens with zero attached hydrogens (tertiary/aromatic N) is 1. The van der Waals surface area contributed by atoms with Gasteiger partial charge in [-0.25, -0.2) is 0 Å². The summed E-state index contributed by atoms with van der Waals surface area (Å²) in [7, 11) is 3.09. The molecule has 0 aromatic heterocycles. The molecule has 164 valence electrons. The maximum Gasteiger partial charge on any atom is 0.263 e. The molecule has 0 bridgehead atoms. The maximum atomic E-state index is 12.9. The molecule has 1 unspecified atom stereocenters. The second-order valence-corrected chi connectivity index (χ2v) is 8.05. The molecule has 7 nitrogen and oxygen atoms in total. The molecule has 2 aromatic carbocycles. The Kier molecular flexibility index (Phi) is 6.02. The van der Waals surface area contributed by atoms with E-state index < -0.39 is 6.10 Å². The Bertz CT molecular complexity index is 964. The van der Waals surface area contributed by atoms with E-state index in [9.17, 15) is 9.59 Å². The Morgan fingerprint density at radius 1 is 1.13 bits per heavy atom. The summed E-state index contributed by atoms with van der Waals surface area (Å²) in [6, 6.07) is 10.5. The number of fused-ring (bicyclic) bond motifs is 1. The summed E-state index contributed by atoms with van der Waals surface area (Å²) in [5.41, 5.74) is 1.97. The first kappa shape index (κ1) is 21.0. The van der Waals surface area contributed by atoms with E-state index in [0.29, 0.717) is 47.4 Å². The summed E-state index contributed by atoms with van der Waals surface area (Å²) in [5.74, 6) is 2.14. The van der Waals surface area contributed by atoms with Crippen LogP contribution in [-0.4, -0.2) is 43.6 Å². The average Bonchev–Trinajstić information content (AvgIpc) is 3.62. The molecule has 0 radical (unpaired) electrons. The van der Waals surface area contributed by atoms with Crippen molar-refractivity contribution in [2.24, 2.45) is 5.92 Å². The van der Waals surface area contributed by atoms with Crippen LogP contribution in [0.1, 0.15) is 42.1 Å². The molecule has 1 heterocycles. The molecule has 1 aliphatic carbocycles. The topological polar surface area (TPSA) is 77.1 Å². The molecule has 1 aliphatic heterocycles. The molecule has 1 N–H and O–H groups in total. The Morgan fingerprint density at radius 2 is 1.84 bits per heavy atom. The van der Waals surface area contributed by atoms with Crippen LogP contribution in [0.25, 0.3) is 0 Å². The normalized spacial score (nSPS) is 18.0. The van der Waals surface area contributed by atoms with E-state index in [-0.39, 0.29) is 11.8 Å². The molecule has 1 atom stereocenters. The largest absolute Gasteiger partial charge is 0.497 e. The van der Waals surface area contributed by atoms with Gasteiger partial charge in [-0.2, -0.15) is 0 Å². The second kappa shape index (κ2) is 8.88. The number of carbonyl (C=O) groups excluding carboxylic acids is 2. The number of benzene rings is 2. The quantitative estimate of drug-likeness (QED) is 0.730. The van der Waals surface area contributed by atoms with Crippen molar-refractivity contribution in [3.8, 4) is 17.2 Å². The van der Waals surface area contributed by atoms with Gasteiger partial charge in [0.25, 0.3) is 11.8 Å². The van der Waals surface area contributed by atoms with Crippen LogP contribution < -0.4 is 19.5 Å². The molecular formula is C24H28N2O5. The zero-order valence-corrected chi connectivity index (χ0v) is 18.1. The van der Waals surface area contributed by atoms with Crippen LogP contribution in [0.15, 0.2) is 36.4 Å².